The lowest BCUT2D eigenvalue weighted by atomic mass is 10.0. The van der Waals surface area contributed by atoms with E-state index in [1.165, 1.54) is 5.56 Å². The molecule has 3 nitrogen and oxygen atoms in total. The summed E-state index contributed by atoms with van der Waals surface area (Å²) in [6.45, 7) is 2.11. The Bertz CT molecular complexity index is 299. The standard InChI is InChI=1S/C13H18O3/c14-8-12-6-7-16-13(12)10-15-9-11-4-2-1-3-5-11/h1-5,12-14H,6-10H2/t12-,13-/m1/s1. The van der Waals surface area contributed by atoms with Crippen molar-refractivity contribution in [1.82, 2.24) is 0 Å². The first-order valence-corrected chi connectivity index (χ1v) is 5.74. The van der Waals surface area contributed by atoms with E-state index in [0.717, 1.165) is 13.0 Å². The number of aliphatic hydroxyl groups is 1. The van der Waals surface area contributed by atoms with E-state index >= 15 is 0 Å². The maximum absolute atomic E-state index is 9.12. The van der Waals surface area contributed by atoms with Gasteiger partial charge >= 0.3 is 0 Å². The third-order valence-electron chi connectivity index (χ3n) is 2.97. The van der Waals surface area contributed by atoms with Crippen molar-refractivity contribution in [2.75, 3.05) is 19.8 Å². The molecule has 0 unspecified atom stereocenters. The van der Waals surface area contributed by atoms with Crippen LogP contribution in [0.3, 0.4) is 0 Å². The summed E-state index contributed by atoms with van der Waals surface area (Å²) in [5.74, 6) is 0.246. The topological polar surface area (TPSA) is 38.7 Å². The third-order valence-corrected chi connectivity index (χ3v) is 2.97. The van der Waals surface area contributed by atoms with Gasteiger partial charge in [-0.1, -0.05) is 30.3 Å². The van der Waals surface area contributed by atoms with Gasteiger partial charge in [0.15, 0.2) is 0 Å². The van der Waals surface area contributed by atoms with Crippen LogP contribution >= 0.6 is 0 Å². The second-order valence-electron chi connectivity index (χ2n) is 4.14. The van der Waals surface area contributed by atoms with Crippen LogP contribution in [0, 0.1) is 5.92 Å². The Hall–Kier alpha value is -0.900. The fourth-order valence-electron chi connectivity index (χ4n) is 1.95. The first-order chi connectivity index (χ1) is 7.90. The van der Waals surface area contributed by atoms with Crippen LogP contribution in [0.15, 0.2) is 30.3 Å². The predicted molar refractivity (Wildman–Crippen MR) is 61.0 cm³/mol. The molecule has 0 aromatic heterocycles. The molecule has 1 aliphatic rings. The Labute approximate surface area is 96.0 Å². The lowest BCUT2D eigenvalue weighted by Crippen LogP contribution is -2.24. The molecule has 0 amide bonds. The molecule has 2 rings (SSSR count). The van der Waals surface area contributed by atoms with Gasteiger partial charge in [0, 0.05) is 19.1 Å². The van der Waals surface area contributed by atoms with E-state index in [-0.39, 0.29) is 18.6 Å². The average molecular weight is 222 g/mol. The van der Waals surface area contributed by atoms with Gasteiger partial charge in [0.05, 0.1) is 19.3 Å². The molecule has 1 aromatic carbocycles. The molecule has 1 aromatic rings. The van der Waals surface area contributed by atoms with Crippen LogP contribution in [0.5, 0.6) is 0 Å². The minimum atomic E-state index is 0.0636. The Morgan fingerprint density at radius 2 is 2.12 bits per heavy atom. The largest absolute Gasteiger partial charge is 0.396 e. The molecule has 1 heterocycles. The highest BCUT2D eigenvalue weighted by Gasteiger charge is 2.27. The molecule has 0 bridgehead atoms. The van der Waals surface area contributed by atoms with Crippen LogP contribution < -0.4 is 0 Å². The van der Waals surface area contributed by atoms with Gasteiger partial charge in [-0.2, -0.15) is 0 Å². The smallest absolute Gasteiger partial charge is 0.0859 e. The summed E-state index contributed by atoms with van der Waals surface area (Å²) in [7, 11) is 0. The van der Waals surface area contributed by atoms with Crippen LogP contribution in [0.2, 0.25) is 0 Å². The van der Waals surface area contributed by atoms with Gasteiger partial charge in [-0.3, -0.25) is 0 Å². The molecule has 1 N–H and O–H groups in total. The predicted octanol–water partition coefficient (Wildman–Crippen LogP) is 1.60. The highest BCUT2D eigenvalue weighted by Crippen LogP contribution is 2.20. The van der Waals surface area contributed by atoms with Gasteiger partial charge in [-0.05, 0) is 12.0 Å². The zero-order chi connectivity index (χ0) is 11.2. The van der Waals surface area contributed by atoms with Gasteiger partial charge < -0.3 is 14.6 Å². The zero-order valence-corrected chi connectivity index (χ0v) is 9.34. The molecule has 2 atom stereocenters. The van der Waals surface area contributed by atoms with Crippen molar-refractivity contribution in [1.29, 1.82) is 0 Å². The van der Waals surface area contributed by atoms with Gasteiger partial charge in [0.1, 0.15) is 0 Å². The number of rotatable bonds is 5. The summed E-state index contributed by atoms with van der Waals surface area (Å²) in [5, 5.41) is 9.12. The molecular formula is C13H18O3. The molecular weight excluding hydrogens is 204 g/mol. The first kappa shape index (κ1) is 11.6. The van der Waals surface area contributed by atoms with Crippen LogP contribution in [0.1, 0.15) is 12.0 Å². The van der Waals surface area contributed by atoms with Gasteiger partial charge in [0.2, 0.25) is 0 Å². The first-order valence-electron chi connectivity index (χ1n) is 5.74. The summed E-state index contributed by atoms with van der Waals surface area (Å²) in [6, 6.07) is 10.1. The fraction of sp³-hybridized carbons (Fsp3) is 0.538. The Morgan fingerprint density at radius 1 is 1.31 bits per heavy atom. The maximum atomic E-state index is 9.12. The van der Waals surface area contributed by atoms with E-state index in [1.54, 1.807) is 0 Å². The molecule has 0 radical (unpaired) electrons. The van der Waals surface area contributed by atoms with Crippen molar-refractivity contribution in [2.45, 2.75) is 19.1 Å². The molecule has 0 spiro atoms. The summed E-state index contributed by atoms with van der Waals surface area (Å²) in [6.07, 6.45) is 1.00. The van der Waals surface area contributed by atoms with Crippen molar-refractivity contribution in [3.05, 3.63) is 35.9 Å². The van der Waals surface area contributed by atoms with Gasteiger partial charge in [-0.25, -0.2) is 0 Å². The molecule has 1 saturated heterocycles. The van der Waals surface area contributed by atoms with E-state index in [0.29, 0.717) is 13.2 Å². The summed E-state index contributed by atoms with van der Waals surface area (Å²) in [4.78, 5) is 0. The summed E-state index contributed by atoms with van der Waals surface area (Å²) >= 11 is 0. The summed E-state index contributed by atoms with van der Waals surface area (Å²) in [5.41, 5.74) is 1.17. The third kappa shape index (κ3) is 3.04. The van der Waals surface area contributed by atoms with Crippen molar-refractivity contribution in [3.63, 3.8) is 0 Å². The molecule has 0 aliphatic carbocycles. The van der Waals surface area contributed by atoms with E-state index in [2.05, 4.69) is 0 Å². The van der Waals surface area contributed by atoms with Crippen molar-refractivity contribution >= 4 is 0 Å². The number of ether oxygens (including phenoxy) is 2. The number of hydrogen-bond donors (Lipinski definition) is 1. The minimum absolute atomic E-state index is 0.0636. The van der Waals surface area contributed by atoms with E-state index in [4.69, 9.17) is 14.6 Å². The Kier molecular flexibility index (Phi) is 4.34. The highest BCUT2D eigenvalue weighted by atomic mass is 16.5. The van der Waals surface area contributed by atoms with Crippen molar-refractivity contribution in [3.8, 4) is 0 Å². The Balaban J connectivity index is 1.72. The maximum Gasteiger partial charge on any atom is 0.0859 e. The van der Waals surface area contributed by atoms with Crippen molar-refractivity contribution in [2.24, 2.45) is 5.92 Å². The van der Waals surface area contributed by atoms with Crippen LogP contribution in [-0.2, 0) is 16.1 Å². The summed E-state index contributed by atoms with van der Waals surface area (Å²) < 4.78 is 11.1. The van der Waals surface area contributed by atoms with Crippen molar-refractivity contribution < 1.29 is 14.6 Å². The highest BCUT2D eigenvalue weighted by molar-refractivity contribution is 5.13. The number of hydrogen-bond acceptors (Lipinski definition) is 3. The van der Waals surface area contributed by atoms with Gasteiger partial charge in [-0.15, -0.1) is 0 Å². The van der Waals surface area contributed by atoms with Crippen LogP contribution in [0.25, 0.3) is 0 Å². The molecule has 0 saturated carbocycles. The van der Waals surface area contributed by atoms with Crippen LogP contribution in [-0.4, -0.2) is 31.0 Å². The molecule has 1 fully saturated rings. The Morgan fingerprint density at radius 3 is 2.88 bits per heavy atom. The normalized spacial score (nSPS) is 24.8. The lowest BCUT2D eigenvalue weighted by Gasteiger charge is -2.16. The molecule has 88 valence electrons. The van der Waals surface area contributed by atoms with E-state index in [9.17, 15) is 0 Å². The van der Waals surface area contributed by atoms with Gasteiger partial charge in [0.25, 0.3) is 0 Å². The lowest BCUT2D eigenvalue weighted by molar-refractivity contribution is -0.0125. The zero-order valence-electron chi connectivity index (χ0n) is 9.34. The number of aliphatic hydroxyl groups excluding tert-OH is 1. The quantitative estimate of drug-likeness (QED) is 0.822. The average Bonchev–Trinajstić information content (AvgIpc) is 2.78. The second-order valence-corrected chi connectivity index (χ2v) is 4.14. The molecule has 3 heteroatoms. The SMILES string of the molecule is OC[C@H]1CCO[C@@H]1COCc1ccccc1. The van der Waals surface area contributed by atoms with Crippen LogP contribution in [0.4, 0.5) is 0 Å². The monoisotopic (exact) mass is 222 g/mol. The molecule has 16 heavy (non-hydrogen) atoms. The second kappa shape index (κ2) is 5.99. The van der Waals surface area contributed by atoms with E-state index in [1.807, 2.05) is 30.3 Å². The minimum Gasteiger partial charge on any atom is -0.396 e. The van der Waals surface area contributed by atoms with E-state index < -0.39 is 0 Å². The fourth-order valence-corrected chi connectivity index (χ4v) is 1.95. The molecule has 1 aliphatic heterocycles. The number of benzene rings is 1.